The van der Waals surface area contributed by atoms with E-state index in [1.165, 1.54) is 25.5 Å². The van der Waals surface area contributed by atoms with E-state index in [0.29, 0.717) is 0 Å². The van der Waals surface area contributed by atoms with Crippen molar-refractivity contribution < 1.29 is 17.2 Å². The van der Waals surface area contributed by atoms with Gasteiger partial charge in [-0.2, -0.15) is 8.42 Å². The molecule has 4 nitrogen and oxygen atoms in total. The largest absolute Gasteiger partial charge is 0.322 e. The summed E-state index contributed by atoms with van der Waals surface area (Å²) in [6.45, 7) is 4.83. The SMILES string of the molecule is Cc1ccc(S(=O)(=O)OCP(C)(C)=O)cc1. The Balaban J connectivity index is 2.87. The lowest BCUT2D eigenvalue weighted by Crippen LogP contribution is -2.07. The molecule has 0 amide bonds. The van der Waals surface area contributed by atoms with Crippen molar-refractivity contribution in [2.45, 2.75) is 11.8 Å². The van der Waals surface area contributed by atoms with Gasteiger partial charge in [-0.3, -0.25) is 4.18 Å². The topological polar surface area (TPSA) is 60.4 Å². The van der Waals surface area contributed by atoms with Crippen LogP contribution in [0.3, 0.4) is 0 Å². The van der Waals surface area contributed by atoms with Crippen LogP contribution in [0, 0.1) is 6.92 Å². The zero-order valence-corrected chi connectivity index (χ0v) is 11.2. The molecule has 1 aromatic rings. The van der Waals surface area contributed by atoms with E-state index in [4.69, 9.17) is 4.18 Å². The molecule has 0 aromatic heterocycles. The Hall–Kier alpha value is -0.640. The molecule has 90 valence electrons. The third-order valence-corrected chi connectivity index (χ3v) is 4.03. The van der Waals surface area contributed by atoms with Gasteiger partial charge in [-0.1, -0.05) is 17.7 Å². The van der Waals surface area contributed by atoms with Gasteiger partial charge in [0.2, 0.25) is 0 Å². The second-order valence-corrected chi connectivity index (χ2v) is 9.11. The van der Waals surface area contributed by atoms with E-state index < -0.39 is 17.3 Å². The van der Waals surface area contributed by atoms with Crippen molar-refractivity contribution in [2.75, 3.05) is 19.7 Å². The third-order valence-electron chi connectivity index (χ3n) is 1.83. The Kier molecular flexibility index (Phi) is 3.94. The lowest BCUT2D eigenvalue weighted by molar-refractivity contribution is 0.369. The Morgan fingerprint density at radius 3 is 2.12 bits per heavy atom. The molecule has 0 heterocycles. The van der Waals surface area contributed by atoms with E-state index in [9.17, 15) is 13.0 Å². The average molecular weight is 262 g/mol. The maximum absolute atomic E-state index is 11.6. The smallest absolute Gasteiger partial charge is 0.297 e. The summed E-state index contributed by atoms with van der Waals surface area (Å²) in [6, 6.07) is 6.32. The lowest BCUT2D eigenvalue weighted by Gasteiger charge is -2.08. The predicted molar refractivity (Wildman–Crippen MR) is 63.8 cm³/mol. The number of rotatable bonds is 4. The van der Waals surface area contributed by atoms with Crippen LogP contribution in [0.2, 0.25) is 0 Å². The summed E-state index contributed by atoms with van der Waals surface area (Å²) in [6.07, 6.45) is -0.261. The summed E-state index contributed by atoms with van der Waals surface area (Å²) in [5, 5.41) is 0. The molecular formula is C10H15O4PS. The van der Waals surface area contributed by atoms with E-state index in [2.05, 4.69) is 0 Å². The first-order chi connectivity index (χ1) is 7.21. The van der Waals surface area contributed by atoms with Crippen LogP contribution in [0.25, 0.3) is 0 Å². The fourth-order valence-electron chi connectivity index (χ4n) is 0.969. The summed E-state index contributed by atoms with van der Waals surface area (Å²) in [4.78, 5) is 0.0894. The highest BCUT2D eigenvalue weighted by molar-refractivity contribution is 7.87. The molecule has 0 fully saturated rings. The fourth-order valence-corrected chi connectivity index (χ4v) is 3.15. The summed E-state index contributed by atoms with van der Waals surface area (Å²) < 4.78 is 39.4. The summed E-state index contributed by atoms with van der Waals surface area (Å²) in [5.41, 5.74) is 0.968. The molecule has 0 spiro atoms. The zero-order valence-electron chi connectivity index (χ0n) is 9.50. The van der Waals surface area contributed by atoms with E-state index >= 15 is 0 Å². The van der Waals surface area contributed by atoms with Crippen LogP contribution in [-0.2, 0) is 18.9 Å². The van der Waals surface area contributed by atoms with E-state index in [-0.39, 0.29) is 11.2 Å². The number of hydrogen-bond acceptors (Lipinski definition) is 4. The standard InChI is InChI=1S/C10H15O4PS/c1-9-4-6-10(7-5-9)16(12,13)14-8-15(2,3)11/h4-7H,8H2,1-3H3. The molecule has 0 saturated heterocycles. The van der Waals surface area contributed by atoms with Crippen LogP contribution in [0.5, 0.6) is 0 Å². The van der Waals surface area contributed by atoms with Gasteiger partial charge in [0.05, 0.1) is 4.90 Å². The lowest BCUT2D eigenvalue weighted by atomic mass is 10.2. The normalized spacial score (nSPS) is 12.7. The maximum Gasteiger partial charge on any atom is 0.297 e. The molecule has 1 aromatic carbocycles. The molecule has 0 N–H and O–H groups in total. The van der Waals surface area contributed by atoms with Crippen LogP contribution < -0.4 is 0 Å². The highest BCUT2D eigenvalue weighted by Gasteiger charge is 2.18. The van der Waals surface area contributed by atoms with Gasteiger partial charge in [0.25, 0.3) is 10.1 Å². The van der Waals surface area contributed by atoms with Gasteiger partial charge < -0.3 is 4.57 Å². The van der Waals surface area contributed by atoms with Crippen LogP contribution in [0.15, 0.2) is 29.2 Å². The average Bonchev–Trinajstić information content (AvgIpc) is 2.15. The maximum atomic E-state index is 11.6. The van der Waals surface area contributed by atoms with Gasteiger partial charge in [0.1, 0.15) is 13.5 Å². The van der Waals surface area contributed by atoms with Gasteiger partial charge in [-0.05, 0) is 32.4 Å². The molecule has 16 heavy (non-hydrogen) atoms. The van der Waals surface area contributed by atoms with Gasteiger partial charge >= 0.3 is 0 Å². The number of benzene rings is 1. The minimum Gasteiger partial charge on any atom is -0.322 e. The minimum atomic E-state index is -3.78. The molecule has 0 unspecified atom stereocenters. The van der Waals surface area contributed by atoms with E-state index in [1.54, 1.807) is 12.1 Å². The molecule has 0 aliphatic carbocycles. The highest BCUT2D eigenvalue weighted by atomic mass is 32.2. The third kappa shape index (κ3) is 4.08. The van der Waals surface area contributed by atoms with Crippen molar-refractivity contribution in [2.24, 2.45) is 0 Å². The molecule has 0 radical (unpaired) electrons. The molecule has 6 heteroatoms. The Bertz CT molecular complexity index is 498. The molecule has 0 aliphatic rings. The first-order valence-electron chi connectivity index (χ1n) is 4.71. The fraction of sp³-hybridized carbons (Fsp3) is 0.400. The predicted octanol–water partition coefficient (Wildman–Crippen LogP) is 2.28. The number of hydrogen-bond donors (Lipinski definition) is 0. The van der Waals surface area contributed by atoms with Crippen LogP contribution >= 0.6 is 7.14 Å². The van der Waals surface area contributed by atoms with Crippen molar-refractivity contribution in [3.05, 3.63) is 29.8 Å². The first-order valence-corrected chi connectivity index (χ1v) is 8.90. The Morgan fingerprint density at radius 1 is 1.19 bits per heavy atom. The second-order valence-electron chi connectivity index (χ2n) is 4.09. The Morgan fingerprint density at radius 2 is 1.69 bits per heavy atom. The number of aryl methyl sites for hydroxylation is 1. The van der Waals surface area contributed by atoms with Crippen molar-refractivity contribution >= 4 is 17.3 Å². The molecule has 0 aliphatic heterocycles. The summed E-state index contributed by atoms with van der Waals surface area (Å²) in [7, 11) is -6.28. The van der Waals surface area contributed by atoms with Gasteiger partial charge in [-0.25, -0.2) is 0 Å². The molecular weight excluding hydrogens is 247 g/mol. The zero-order chi connectivity index (χ0) is 12.4. The van der Waals surface area contributed by atoms with Crippen molar-refractivity contribution in [1.29, 1.82) is 0 Å². The monoisotopic (exact) mass is 262 g/mol. The van der Waals surface area contributed by atoms with Gasteiger partial charge in [0.15, 0.2) is 0 Å². The summed E-state index contributed by atoms with van der Waals surface area (Å²) >= 11 is 0. The van der Waals surface area contributed by atoms with Crippen LogP contribution in [-0.4, -0.2) is 28.1 Å². The quantitative estimate of drug-likeness (QED) is 0.617. The van der Waals surface area contributed by atoms with Crippen molar-refractivity contribution in [3.8, 4) is 0 Å². The van der Waals surface area contributed by atoms with Crippen LogP contribution in [0.1, 0.15) is 5.56 Å². The van der Waals surface area contributed by atoms with E-state index in [0.717, 1.165) is 5.56 Å². The second kappa shape index (κ2) is 4.70. The molecule has 0 bridgehead atoms. The Labute approximate surface area is 96.1 Å². The highest BCUT2D eigenvalue weighted by Crippen LogP contribution is 2.36. The molecule has 1 rings (SSSR count). The van der Waals surface area contributed by atoms with Crippen LogP contribution in [0.4, 0.5) is 0 Å². The van der Waals surface area contributed by atoms with Gasteiger partial charge in [0, 0.05) is 0 Å². The first kappa shape index (κ1) is 13.4. The van der Waals surface area contributed by atoms with E-state index in [1.807, 2.05) is 6.92 Å². The minimum absolute atomic E-state index is 0.0894. The van der Waals surface area contributed by atoms with Crippen molar-refractivity contribution in [1.82, 2.24) is 0 Å². The summed E-state index contributed by atoms with van der Waals surface area (Å²) in [5.74, 6) is 0. The van der Waals surface area contributed by atoms with Crippen molar-refractivity contribution in [3.63, 3.8) is 0 Å². The van der Waals surface area contributed by atoms with Gasteiger partial charge in [-0.15, -0.1) is 0 Å². The molecule has 0 atom stereocenters. The molecule has 0 saturated carbocycles.